The Morgan fingerprint density at radius 3 is 2.52 bits per heavy atom. The van der Waals surface area contributed by atoms with Crippen molar-refractivity contribution >= 4 is 5.97 Å². The summed E-state index contributed by atoms with van der Waals surface area (Å²) < 4.78 is 12.7. The molecule has 3 rings (SSSR count). The number of rotatable bonds is 10. The van der Waals surface area contributed by atoms with E-state index in [4.69, 9.17) is 9.47 Å². The molecule has 1 aromatic heterocycles. The molecule has 1 saturated carbocycles. The first kappa shape index (κ1) is 23.1. The molecule has 0 bridgehead atoms. The highest BCUT2D eigenvalue weighted by Gasteiger charge is 2.41. The van der Waals surface area contributed by atoms with Crippen LogP contribution in [0.5, 0.6) is 5.75 Å². The van der Waals surface area contributed by atoms with E-state index in [1.165, 1.54) is 0 Å². The van der Waals surface area contributed by atoms with Crippen molar-refractivity contribution in [1.29, 1.82) is 0 Å². The van der Waals surface area contributed by atoms with Gasteiger partial charge in [-0.15, -0.1) is 0 Å². The molecular weight excluding hydrogens is 394 g/mol. The summed E-state index contributed by atoms with van der Waals surface area (Å²) >= 11 is 0. The number of aromatic nitrogens is 1. The highest BCUT2D eigenvalue weighted by Crippen LogP contribution is 2.48. The Kier molecular flexibility index (Phi) is 7.91. The second-order valence-corrected chi connectivity index (χ2v) is 8.34. The lowest BCUT2D eigenvalue weighted by Crippen LogP contribution is -2.32. The number of pyridine rings is 1. The minimum Gasteiger partial charge on any atom is -0.488 e. The van der Waals surface area contributed by atoms with Crippen molar-refractivity contribution in [1.82, 2.24) is 4.57 Å². The number of aliphatic hydroxyl groups is 1. The van der Waals surface area contributed by atoms with E-state index < -0.39 is 17.5 Å². The van der Waals surface area contributed by atoms with Gasteiger partial charge in [0.1, 0.15) is 5.56 Å². The maximum Gasteiger partial charge on any atom is 0.343 e. The Labute approximate surface area is 183 Å². The van der Waals surface area contributed by atoms with Gasteiger partial charge in [-0.2, -0.15) is 0 Å². The number of aliphatic hydroxyl groups excluding tert-OH is 1. The molecule has 0 saturated heterocycles. The van der Waals surface area contributed by atoms with Crippen LogP contribution in [0.3, 0.4) is 0 Å². The van der Waals surface area contributed by atoms with Crippen LogP contribution < -0.4 is 10.2 Å². The average molecular weight is 428 g/mol. The van der Waals surface area contributed by atoms with E-state index in [1.54, 1.807) is 19.3 Å². The fourth-order valence-corrected chi connectivity index (χ4v) is 4.43. The van der Waals surface area contributed by atoms with Crippen molar-refractivity contribution in [3.05, 3.63) is 64.1 Å². The lowest BCUT2D eigenvalue weighted by atomic mass is 9.77. The third-order valence-corrected chi connectivity index (χ3v) is 6.09. The molecule has 0 spiro atoms. The van der Waals surface area contributed by atoms with Crippen molar-refractivity contribution in [3.63, 3.8) is 0 Å². The molecule has 1 atom stereocenters. The molecule has 1 heterocycles. The molecule has 0 aliphatic heterocycles. The normalized spacial score (nSPS) is 16.1. The van der Waals surface area contributed by atoms with Crippen LogP contribution >= 0.6 is 0 Å². The van der Waals surface area contributed by atoms with Gasteiger partial charge in [-0.1, -0.05) is 56.5 Å². The van der Waals surface area contributed by atoms with Crippen LogP contribution in [0.25, 0.3) is 0 Å². The van der Waals surface area contributed by atoms with Crippen LogP contribution in [0.2, 0.25) is 0 Å². The van der Waals surface area contributed by atoms with Crippen LogP contribution in [0.15, 0.2) is 47.5 Å². The Hall–Kier alpha value is -2.60. The van der Waals surface area contributed by atoms with Gasteiger partial charge in [0.05, 0.1) is 25.5 Å². The van der Waals surface area contributed by atoms with E-state index in [0.717, 1.165) is 44.1 Å². The molecule has 0 amide bonds. The van der Waals surface area contributed by atoms with Gasteiger partial charge < -0.3 is 19.1 Å². The first-order chi connectivity index (χ1) is 15.0. The van der Waals surface area contributed by atoms with Crippen LogP contribution in [-0.4, -0.2) is 28.9 Å². The largest absolute Gasteiger partial charge is 0.488 e. The van der Waals surface area contributed by atoms with E-state index in [0.29, 0.717) is 13.2 Å². The third-order valence-electron chi connectivity index (χ3n) is 6.09. The number of hydrogen-bond acceptors (Lipinski definition) is 5. The number of ether oxygens (including phenoxy) is 2. The smallest absolute Gasteiger partial charge is 0.343 e. The number of benzene rings is 1. The molecular formula is C25H33NO5. The second kappa shape index (κ2) is 10.6. The number of nitrogens with zero attached hydrogens (tertiary/aromatic N) is 1. The topological polar surface area (TPSA) is 77.8 Å². The van der Waals surface area contributed by atoms with Crippen molar-refractivity contribution in [3.8, 4) is 5.75 Å². The lowest BCUT2D eigenvalue weighted by molar-refractivity contribution is 0.0132. The zero-order chi connectivity index (χ0) is 22.3. The highest BCUT2D eigenvalue weighted by atomic mass is 16.5. The highest BCUT2D eigenvalue weighted by molar-refractivity contribution is 5.89. The molecule has 31 heavy (non-hydrogen) atoms. The van der Waals surface area contributed by atoms with Gasteiger partial charge in [0.15, 0.2) is 5.75 Å². The average Bonchev–Trinajstić information content (AvgIpc) is 3.25. The summed E-state index contributed by atoms with van der Waals surface area (Å²) in [4.78, 5) is 25.2. The van der Waals surface area contributed by atoms with Gasteiger partial charge in [-0.25, -0.2) is 4.79 Å². The van der Waals surface area contributed by atoms with Crippen LogP contribution in [0.4, 0.5) is 0 Å². The van der Waals surface area contributed by atoms with E-state index >= 15 is 0 Å². The quantitative estimate of drug-likeness (QED) is 0.446. The zero-order valence-electron chi connectivity index (χ0n) is 18.5. The Morgan fingerprint density at radius 1 is 1.16 bits per heavy atom. The molecule has 6 nitrogen and oxygen atoms in total. The SMILES string of the molecule is CCCCOc1cn(CC2(C(O)c3ccccc3)CCCC2)cc(C(=O)OCC)c1=O. The van der Waals surface area contributed by atoms with E-state index in [1.807, 2.05) is 41.8 Å². The number of carbonyl (C=O) groups is 1. The van der Waals surface area contributed by atoms with E-state index in [2.05, 4.69) is 0 Å². The number of hydrogen-bond donors (Lipinski definition) is 1. The van der Waals surface area contributed by atoms with Gasteiger partial charge in [0.2, 0.25) is 5.43 Å². The Balaban J connectivity index is 1.97. The summed E-state index contributed by atoms with van der Waals surface area (Å²) in [6.45, 7) is 4.85. The number of unbranched alkanes of at least 4 members (excludes halogenated alkanes) is 1. The predicted molar refractivity (Wildman–Crippen MR) is 119 cm³/mol. The molecule has 0 radical (unpaired) electrons. The van der Waals surface area contributed by atoms with Crippen LogP contribution in [-0.2, 0) is 11.3 Å². The van der Waals surface area contributed by atoms with Gasteiger partial charge >= 0.3 is 5.97 Å². The maximum absolute atomic E-state index is 12.8. The second-order valence-electron chi connectivity index (χ2n) is 8.34. The summed E-state index contributed by atoms with van der Waals surface area (Å²) in [5, 5.41) is 11.3. The molecule has 1 N–H and O–H groups in total. The summed E-state index contributed by atoms with van der Waals surface area (Å²) in [6.07, 6.45) is 8.15. The molecule has 1 aromatic carbocycles. The summed E-state index contributed by atoms with van der Waals surface area (Å²) in [6, 6.07) is 9.68. The fourth-order valence-electron chi connectivity index (χ4n) is 4.43. The van der Waals surface area contributed by atoms with Crippen molar-refractivity contribution in [2.45, 2.75) is 65.0 Å². The molecule has 2 aromatic rings. The molecule has 1 fully saturated rings. The molecule has 168 valence electrons. The Morgan fingerprint density at radius 2 is 1.87 bits per heavy atom. The lowest BCUT2D eigenvalue weighted by Gasteiger charge is -2.35. The maximum atomic E-state index is 12.8. The molecule has 6 heteroatoms. The van der Waals surface area contributed by atoms with Crippen molar-refractivity contribution in [2.75, 3.05) is 13.2 Å². The standard InChI is InChI=1S/C25H33NO5/c1-3-5-15-31-21-17-26(16-20(22(21)27)24(29)30-4-2)18-25(13-9-10-14-25)23(28)19-11-7-6-8-12-19/h6-8,11-12,16-17,23,28H,3-5,9-10,13-15,18H2,1-2H3. The first-order valence-corrected chi connectivity index (χ1v) is 11.3. The Bertz CT molecular complexity index is 915. The predicted octanol–water partition coefficient (Wildman–Crippen LogP) is 4.50. The number of esters is 1. The molecule has 1 aliphatic rings. The van der Waals surface area contributed by atoms with Crippen molar-refractivity contribution in [2.24, 2.45) is 5.41 Å². The minimum absolute atomic E-state index is 0.0294. The van der Waals surface area contributed by atoms with E-state index in [9.17, 15) is 14.7 Å². The monoisotopic (exact) mass is 427 g/mol. The molecule has 1 unspecified atom stereocenters. The summed E-state index contributed by atoms with van der Waals surface area (Å²) in [7, 11) is 0. The fraction of sp³-hybridized carbons (Fsp3) is 0.520. The van der Waals surface area contributed by atoms with Gasteiger partial charge in [0, 0.05) is 18.2 Å². The summed E-state index contributed by atoms with van der Waals surface area (Å²) in [5.74, 6) is -0.493. The van der Waals surface area contributed by atoms with Gasteiger partial charge in [-0.3, -0.25) is 4.79 Å². The van der Waals surface area contributed by atoms with Crippen molar-refractivity contribution < 1.29 is 19.4 Å². The van der Waals surface area contributed by atoms with Gasteiger partial charge in [-0.05, 0) is 31.7 Å². The zero-order valence-corrected chi connectivity index (χ0v) is 18.5. The van der Waals surface area contributed by atoms with Gasteiger partial charge in [0.25, 0.3) is 0 Å². The third kappa shape index (κ3) is 5.37. The van der Waals surface area contributed by atoms with Crippen LogP contribution in [0, 0.1) is 5.41 Å². The number of carbonyl (C=O) groups excluding carboxylic acids is 1. The molecule has 1 aliphatic carbocycles. The first-order valence-electron chi connectivity index (χ1n) is 11.3. The minimum atomic E-state index is -0.647. The summed E-state index contributed by atoms with van der Waals surface area (Å²) in [5.41, 5.74) is 0.0341. The van der Waals surface area contributed by atoms with Crippen LogP contribution in [0.1, 0.15) is 74.4 Å². The van der Waals surface area contributed by atoms with E-state index in [-0.39, 0.29) is 23.3 Å².